The number of ether oxygens (including phenoxy) is 1. The molecule has 2 heterocycles. The van der Waals surface area contributed by atoms with Crippen LogP contribution >= 0.6 is 11.3 Å². The van der Waals surface area contributed by atoms with Crippen molar-refractivity contribution in [2.75, 3.05) is 20.3 Å². The zero-order valence-corrected chi connectivity index (χ0v) is 11.1. The van der Waals surface area contributed by atoms with E-state index >= 15 is 0 Å². The Balaban J connectivity index is 1.96. The third kappa shape index (κ3) is 2.16. The van der Waals surface area contributed by atoms with Crippen molar-refractivity contribution in [1.29, 1.82) is 0 Å². The summed E-state index contributed by atoms with van der Waals surface area (Å²) in [7, 11) is 1.98. The molecule has 96 valence electrons. The van der Waals surface area contributed by atoms with Gasteiger partial charge >= 0.3 is 0 Å². The highest BCUT2D eigenvalue weighted by molar-refractivity contribution is 7.19. The Morgan fingerprint density at radius 1 is 1.44 bits per heavy atom. The van der Waals surface area contributed by atoms with Gasteiger partial charge in [-0.2, -0.15) is 0 Å². The molecule has 0 radical (unpaired) electrons. The monoisotopic (exact) mass is 265 g/mol. The average Bonchev–Trinajstić information content (AvgIpc) is 2.98. The van der Waals surface area contributed by atoms with Crippen molar-refractivity contribution in [1.82, 2.24) is 5.32 Å². The van der Waals surface area contributed by atoms with Crippen LogP contribution in [0.5, 0.6) is 0 Å². The van der Waals surface area contributed by atoms with Gasteiger partial charge in [0, 0.05) is 28.1 Å². The number of thiophene rings is 1. The van der Waals surface area contributed by atoms with Crippen molar-refractivity contribution in [3.05, 3.63) is 35.0 Å². The third-order valence-corrected chi connectivity index (χ3v) is 4.74. The van der Waals surface area contributed by atoms with Crippen LogP contribution in [0.15, 0.2) is 24.3 Å². The SMILES string of the molecule is CNC(c1cc2ccc(F)cc2s1)C1CCOC1. The number of hydrogen-bond acceptors (Lipinski definition) is 3. The summed E-state index contributed by atoms with van der Waals surface area (Å²) in [6, 6.07) is 7.46. The fraction of sp³-hybridized carbons (Fsp3) is 0.429. The van der Waals surface area contributed by atoms with Crippen LogP contribution < -0.4 is 5.32 Å². The number of fused-ring (bicyclic) bond motifs is 1. The molecule has 18 heavy (non-hydrogen) atoms. The molecule has 2 atom stereocenters. The Morgan fingerprint density at radius 3 is 3.06 bits per heavy atom. The van der Waals surface area contributed by atoms with Gasteiger partial charge in [-0.25, -0.2) is 4.39 Å². The molecule has 4 heteroatoms. The smallest absolute Gasteiger partial charge is 0.124 e. The van der Waals surface area contributed by atoms with E-state index in [0.29, 0.717) is 12.0 Å². The van der Waals surface area contributed by atoms with Crippen LogP contribution in [-0.4, -0.2) is 20.3 Å². The molecule has 3 rings (SSSR count). The maximum Gasteiger partial charge on any atom is 0.124 e. The molecule has 2 nitrogen and oxygen atoms in total. The van der Waals surface area contributed by atoms with Crippen molar-refractivity contribution in [2.45, 2.75) is 12.5 Å². The number of halogens is 1. The van der Waals surface area contributed by atoms with Crippen LogP contribution in [0.1, 0.15) is 17.3 Å². The summed E-state index contributed by atoms with van der Waals surface area (Å²) in [5.41, 5.74) is 0. The maximum absolute atomic E-state index is 13.2. The summed E-state index contributed by atoms with van der Waals surface area (Å²) in [4.78, 5) is 1.27. The van der Waals surface area contributed by atoms with Gasteiger partial charge in [0.1, 0.15) is 5.82 Å². The normalized spacial score (nSPS) is 21.6. The quantitative estimate of drug-likeness (QED) is 0.919. The van der Waals surface area contributed by atoms with Crippen LogP contribution in [0.3, 0.4) is 0 Å². The molecule has 1 saturated heterocycles. The number of benzene rings is 1. The van der Waals surface area contributed by atoms with Gasteiger partial charge in [0.25, 0.3) is 0 Å². The summed E-state index contributed by atoms with van der Waals surface area (Å²) >= 11 is 1.67. The van der Waals surface area contributed by atoms with Crippen LogP contribution in [0.4, 0.5) is 4.39 Å². The second-order valence-electron chi connectivity index (χ2n) is 4.72. The molecule has 1 aliphatic heterocycles. The topological polar surface area (TPSA) is 21.3 Å². The van der Waals surface area contributed by atoms with Crippen molar-refractivity contribution < 1.29 is 9.13 Å². The molecule has 1 aromatic heterocycles. The molecule has 1 aromatic carbocycles. The Morgan fingerprint density at radius 2 is 2.33 bits per heavy atom. The van der Waals surface area contributed by atoms with Gasteiger partial charge in [-0.05, 0) is 37.1 Å². The molecular formula is C14H16FNOS. The second kappa shape index (κ2) is 4.96. The summed E-state index contributed by atoms with van der Waals surface area (Å²) in [5, 5.41) is 4.49. The van der Waals surface area contributed by atoms with E-state index in [0.717, 1.165) is 29.7 Å². The molecule has 1 aliphatic rings. The fourth-order valence-corrected chi connectivity index (χ4v) is 3.90. The Hall–Kier alpha value is -0.970. The minimum absolute atomic E-state index is 0.166. The first-order valence-electron chi connectivity index (χ1n) is 6.22. The van der Waals surface area contributed by atoms with Crippen molar-refractivity contribution in [3.63, 3.8) is 0 Å². The lowest BCUT2D eigenvalue weighted by Crippen LogP contribution is -2.24. The third-order valence-electron chi connectivity index (χ3n) is 3.56. The summed E-state index contributed by atoms with van der Waals surface area (Å²) < 4.78 is 19.7. The van der Waals surface area contributed by atoms with Crippen LogP contribution in [0, 0.1) is 11.7 Å². The van der Waals surface area contributed by atoms with Gasteiger partial charge in [-0.3, -0.25) is 0 Å². The summed E-state index contributed by atoms with van der Waals surface area (Å²) in [6.45, 7) is 1.66. The summed E-state index contributed by atoms with van der Waals surface area (Å²) in [6.07, 6.45) is 1.09. The maximum atomic E-state index is 13.2. The molecular weight excluding hydrogens is 249 g/mol. The van der Waals surface area contributed by atoms with E-state index in [1.807, 2.05) is 13.1 Å². The number of nitrogens with one attached hydrogen (secondary N) is 1. The van der Waals surface area contributed by atoms with Gasteiger partial charge < -0.3 is 10.1 Å². The first kappa shape index (κ1) is 12.1. The minimum atomic E-state index is -0.166. The molecule has 2 unspecified atom stereocenters. The highest BCUT2D eigenvalue weighted by atomic mass is 32.1. The molecule has 0 amide bonds. The Bertz CT molecular complexity index is 548. The minimum Gasteiger partial charge on any atom is -0.381 e. The first-order valence-corrected chi connectivity index (χ1v) is 7.03. The van der Waals surface area contributed by atoms with E-state index in [-0.39, 0.29) is 5.82 Å². The lowest BCUT2D eigenvalue weighted by atomic mass is 9.97. The van der Waals surface area contributed by atoms with E-state index < -0.39 is 0 Å². The molecule has 1 fully saturated rings. The van der Waals surface area contributed by atoms with Crippen molar-refractivity contribution in [3.8, 4) is 0 Å². The number of hydrogen-bond donors (Lipinski definition) is 1. The van der Waals surface area contributed by atoms with E-state index in [1.165, 1.54) is 10.9 Å². The predicted molar refractivity (Wildman–Crippen MR) is 72.5 cm³/mol. The van der Waals surface area contributed by atoms with E-state index in [2.05, 4.69) is 11.4 Å². The number of rotatable bonds is 3. The van der Waals surface area contributed by atoms with E-state index in [9.17, 15) is 4.39 Å². The van der Waals surface area contributed by atoms with Gasteiger partial charge in [0.05, 0.1) is 6.61 Å². The standard InChI is InChI=1S/C14H16FNOS/c1-16-14(10-4-5-17-8-10)13-6-9-2-3-11(15)7-12(9)18-13/h2-3,6-7,10,14,16H,4-5,8H2,1H3. The predicted octanol–water partition coefficient (Wildman–Crippen LogP) is 3.34. The van der Waals surface area contributed by atoms with Gasteiger partial charge in [0.2, 0.25) is 0 Å². The molecule has 1 N–H and O–H groups in total. The Kier molecular flexibility index (Phi) is 3.33. The van der Waals surface area contributed by atoms with E-state index in [1.54, 1.807) is 17.4 Å². The Labute approximate surface area is 110 Å². The first-order chi connectivity index (χ1) is 8.78. The van der Waals surface area contributed by atoms with Crippen molar-refractivity contribution >= 4 is 21.4 Å². The van der Waals surface area contributed by atoms with Gasteiger partial charge in [-0.15, -0.1) is 11.3 Å². The highest BCUT2D eigenvalue weighted by Crippen LogP contribution is 2.36. The van der Waals surface area contributed by atoms with Gasteiger partial charge in [-0.1, -0.05) is 6.07 Å². The van der Waals surface area contributed by atoms with Gasteiger partial charge in [0.15, 0.2) is 0 Å². The zero-order chi connectivity index (χ0) is 12.5. The van der Waals surface area contributed by atoms with Crippen LogP contribution in [0.2, 0.25) is 0 Å². The molecule has 0 saturated carbocycles. The zero-order valence-electron chi connectivity index (χ0n) is 10.3. The fourth-order valence-electron chi connectivity index (χ4n) is 2.60. The summed E-state index contributed by atoms with van der Waals surface area (Å²) in [5.74, 6) is 0.356. The highest BCUT2D eigenvalue weighted by Gasteiger charge is 2.27. The van der Waals surface area contributed by atoms with Crippen molar-refractivity contribution in [2.24, 2.45) is 5.92 Å². The van der Waals surface area contributed by atoms with E-state index in [4.69, 9.17) is 4.74 Å². The second-order valence-corrected chi connectivity index (χ2v) is 5.84. The molecule has 2 aromatic rings. The van der Waals surface area contributed by atoms with Crippen LogP contribution in [0.25, 0.3) is 10.1 Å². The lowest BCUT2D eigenvalue weighted by molar-refractivity contribution is 0.178. The largest absolute Gasteiger partial charge is 0.381 e. The lowest BCUT2D eigenvalue weighted by Gasteiger charge is -2.20. The van der Waals surface area contributed by atoms with Crippen LogP contribution in [-0.2, 0) is 4.74 Å². The molecule has 0 aliphatic carbocycles. The molecule has 0 bridgehead atoms. The average molecular weight is 265 g/mol. The molecule has 0 spiro atoms.